The Labute approximate surface area is 118 Å². The van der Waals surface area contributed by atoms with Crippen LogP contribution in [0, 0.1) is 0 Å². The molecule has 0 saturated carbocycles. The number of nitrogens with zero attached hydrogens (tertiary/aromatic N) is 2. The van der Waals surface area contributed by atoms with Gasteiger partial charge < -0.3 is 10.7 Å². The lowest BCUT2D eigenvalue weighted by atomic mass is 10.2. The molecule has 4 rings (SSSR count). The van der Waals surface area contributed by atoms with Gasteiger partial charge in [0, 0.05) is 16.0 Å². The minimum Gasteiger partial charge on any atom is -0.398 e. The number of nitrogens with two attached hydrogens (primary N) is 1. The minimum absolute atomic E-state index is 0.726. The lowest BCUT2D eigenvalue weighted by Gasteiger charge is -2.03. The van der Waals surface area contributed by atoms with E-state index in [1.54, 1.807) is 6.20 Å². The van der Waals surface area contributed by atoms with Crippen molar-refractivity contribution in [1.29, 1.82) is 0 Å². The number of aromatic nitrogens is 4. The maximum atomic E-state index is 6.08. The van der Waals surface area contributed by atoms with Crippen molar-refractivity contribution in [2.75, 3.05) is 5.73 Å². The van der Waals surface area contributed by atoms with Crippen LogP contribution in [-0.2, 0) is 0 Å². The molecule has 0 atom stereocenters. The van der Waals surface area contributed by atoms with E-state index in [4.69, 9.17) is 5.73 Å². The highest BCUT2D eigenvalue weighted by Gasteiger charge is 2.09. The molecule has 0 bridgehead atoms. The number of imidazole rings is 1. The third kappa shape index (κ3) is 1.81. The third-order valence-electron chi connectivity index (χ3n) is 3.14. The van der Waals surface area contributed by atoms with E-state index in [1.807, 2.05) is 36.4 Å². The lowest BCUT2D eigenvalue weighted by molar-refractivity contribution is 1.08. The predicted octanol–water partition coefficient (Wildman–Crippen LogP) is 3.17. The van der Waals surface area contributed by atoms with Crippen LogP contribution in [0.4, 0.5) is 5.69 Å². The highest BCUT2D eigenvalue weighted by atomic mass is 32.2. The molecule has 0 saturated heterocycles. The van der Waals surface area contributed by atoms with Gasteiger partial charge in [-0.3, -0.25) is 5.10 Å². The van der Waals surface area contributed by atoms with E-state index in [1.165, 1.54) is 11.8 Å². The number of benzene rings is 2. The van der Waals surface area contributed by atoms with Crippen molar-refractivity contribution >= 4 is 39.4 Å². The molecule has 4 aromatic rings. The Morgan fingerprint density at radius 2 is 2.00 bits per heavy atom. The number of para-hydroxylation sites is 2. The van der Waals surface area contributed by atoms with Gasteiger partial charge >= 0.3 is 0 Å². The van der Waals surface area contributed by atoms with E-state index in [-0.39, 0.29) is 0 Å². The fraction of sp³-hybridized carbons (Fsp3) is 0. The van der Waals surface area contributed by atoms with Gasteiger partial charge in [0.15, 0.2) is 5.16 Å². The number of rotatable bonds is 2. The topological polar surface area (TPSA) is 83.4 Å². The van der Waals surface area contributed by atoms with Crippen LogP contribution in [0.15, 0.2) is 52.6 Å². The molecule has 98 valence electrons. The van der Waals surface area contributed by atoms with Crippen LogP contribution >= 0.6 is 11.8 Å². The zero-order valence-electron chi connectivity index (χ0n) is 10.4. The molecular weight excluding hydrogens is 270 g/mol. The Morgan fingerprint density at radius 1 is 1.10 bits per heavy atom. The molecule has 2 aromatic heterocycles. The number of anilines is 1. The van der Waals surface area contributed by atoms with Crippen LogP contribution in [0.1, 0.15) is 0 Å². The molecule has 0 unspecified atom stereocenters. The van der Waals surface area contributed by atoms with Crippen molar-refractivity contribution < 1.29 is 0 Å². The highest BCUT2D eigenvalue weighted by Crippen LogP contribution is 2.33. The van der Waals surface area contributed by atoms with Crippen LogP contribution in [0.25, 0.3) is 21.9 Å². The number of nitrogens with one attached hydrogen (secondary N) is 2. The highest BCUT2D eigenvalue weighted by molar-refractivity contribution is 7.99. The fourth-order valence-electron chi connectivity index (χ4n) is 2.16. The maximum absolute atomic E-state index is 6.08. The molecule has 0 spiro atoms. The van der Waals surface area contributed by atoms with E-state index in [2.05, 4.69) is 20.2 Å². The average Bonchev–Trinajstić information content (AvgIpc) is 3.04. The van der Waals surface area contributed by atoms with Gasteiger partial charge in [-0.1, -0.05) is 12.1 Å². The molecule has 0 aliphatic rings. The van der Waals surface area contributed by atoms with Crippen molar-refractivity contribution in [3.05, 3.63) is 42.6 Å². The van der Waals surface area contributed by atoms with Gasteiger partial charge in [0.1, 0.15) is 0 Å². The molecule has 0 fully saturated rings. The fourth-order valence-corrected chi connectivity index (χ4v) is 3.03. The summed E-state index contributed by atoms with van der Waals surface area (Å²) in [6.07, 6.45) is 1.77. The zero-order chi connectivity index (χ0) is 13.5. The summed E-state index contributed by atoms with van der Waals surface area (Å²) < 4.78 is 0. The first-order valence-electron chi connectivity index (χ1n) is 6.15. The summed E-state index contributed by atoms with van der Waals surface area (Å²) in [7, 11) is 0. The average molecular weight is 281 g/mol. The van der Waals surface area contributed by atoms with Gasteiger partial charge in [0.2, 0.25) is 0 Å². The Kier molecular flexibility index (Phi) is 2.43. The Bertz CT molecular complexity index is 875. The van der Waals surface area contributed by atoms with Gasteiger partial charge in [-0.2, -0.15) is 5.10 Å². The molecular formula is C14H11N5S. The van der Waals surface area contributed by atoms with Crippen LogP contribution in [0.2, 0.25) is 0 Å². The van der Waals surface area contributed by atoms with Gasteiger partial charge in [-0.15, -0.1) is 0 Å². The predicted molar refractivity (Wildman–Crippen MR) is 80.7 cm³/mol. The SMILES string of the molecule is Nc1cc2cn[nH]c2cc1Sc1nc2ccccc2[nH]1. The van der Waals surface area contributed by atoms with E-state index >= 15 is 0 Å². The molecule has 20 heavy (non-hydrogen) atoms. The summed E-state index contributed by atoms with van der Waals surface area (Å²) in [6, 6.07) is 11.9. The summed E-state index contributed by atoms with van der Waals surface area (Å²) in [5, 5.41) is 8.80. The molecule has 4 N–H and O–H groups in total. The normalized spacial score (nSPS) is 11.4. The Morgan fingerprint density at radius 3 is 2.90 bits per heavy atom. The summed E-state index contributed by atoms with van der Waals surface area (Å²) in [5.74, 6) is 0. The first-order chi connectivity index (χ1) is 9.79. The molecule has 0 amide bonds. The van der Waals surface area contributed by atoms with Crippen LogP contribution in [-0.4, -0.2) is 20.2 Å². The van der Waals surface area contributed by atoms with Crippen LogP contribution in [0.3, 0.4) is 0 Å². The van der Waals surface area contributed by atoms with Gasteiger partial charge in [-0.05, 0) is 36.0 Å². The first-order valence-corrected chi connectivity index (χ1v) is 6.96. The number of aromatic amines is 2. The molecule has 2 aromatic carbocycles. The maximum Gasteiger partial charge on any atom is 0.171 e. The van der Waals surface area contributed by atoms with Gasteiger partial charge in [0.25, 0.3) is 0 Å². The molecule has 0 aliphatic carbocycles. The third-order valence-corrected chi connectivity index (χ3v) is 4.11. The minimum atomic E-state index is 0.726. The number of fused-ring (bicyclic) bond motifs is 2. The van der Waals surface area contributed by atoms with E-state index in [9.17, 15) is 0 Å². The Balaban J connectivity index is 1.77. The number of hydrogen-bond acceptors (Lipinski definition) is 4. The summed E-state index contributed by atoms with van der Waals surface area (Å²) in [4.78, 5) is 8.79. The second kappa shape index (κ2) is 4.28. The molecule has 2 heterocycles. The van der Waals surface area contributed by atoms with Gasteiger partial charge in [0.05, 0.1) is 22.7 Å². The number of hydrogen-bond donors (Lipinski definition) is 3. The van der Waals surface area contributed by atoms with Crippen LogP contribution in [0.5, 0.6) is 0 Å². The Hall–Kier alpha value is -2.47. The zero-order valence-corrected chi connectivity index (χ0v) is 11.2. The lowest BCUT2D eigenvalue weighted by Crippen LogP contribution is -1.88. The standard InChI is InChI=1S/C14H11N5S/c15-9-5-8-7-16-19-12(8)6-13(9)20-14-17-10-3-1-2-4-11(10)18-14/h1-7H,15H2,(H,16,19)(H,17,18). The second-order valence-electron chi connectivity index (χ2n) is 4.51. The number of nitrogen functional groups attached to an aromatic ring is 1. The van der Waals surface area contributed by atoms with Crippen molar-refractivity contribution in [2.45, 2.75) is 10.1 Å². The van der Waals surface area contributed by atoms with Gasteiger partial charge in [-0.25, -0.2) is 4.98 Å². The molecule has 0 radical (unpaired) electrons. The van der Waals surface area contributed by atoms with E-state index in [0.717, 1.165) is 37.7 Å². The summed E-state index contributed by atoms with van der Waals surface area (Å²) >= 11 is 1.52. The van der Waals surface area contributed by atoms with Crippen molar-refractivity contribution in [2.24, 2.45) is 0 Å². The summed E-state index contributed by atoms with van der Waals surface area (Å²) in [6.45, 7) is 0. The smallest absolute Gasteiger partial charge is 0.171 e. The van der Waals surface area contributed by atoms with E-state index in [0.29, 0.717) is 0 Å². The van der Waals surface area contributed by atoms with Crippen molar-refractivity contribution in [3.63, 3.8) is 0 Å². The number of H-pyrrole nitrogens is 2. The van der Waals surface area contributed by atoms with E-state index < -0.39 is 0 Å². The van der Waals surface area contributed by atoms with Crippen molar-refractivity contribution in [1.82, 2.24) is 20.2 Å². The second-order valence-corrected chi connectivity index (χ2v) is 5.54. The molecule has 0 aliphatic heterocycles. The first kappa shape index (κ1) is 11.4. The van der Waals surface area contributed by atoms with Crippen LogP contribution < -0.4 is 5.73 Å². The van der Waals surface area contributed by atoms with Crippen molar-refractivity contribution in [3.8, 4) is 0 Å². The quantitative estimate of drug-likeness (QED) is 0.493. The molecule has 5 nitrogen and oxygen atoms in total. The summed E-state index contributed by atoms with van der Waals surface area (Å²) in [5.41, 5.74) is 9.76. The molecule has 6 heteroatoms. The monoisotopic (exact) mass is 281 g/mol. The largest absolute Gasteiger partial charge is 0.398 e.